The lowest BCUT2D eigenvalue weighted by atomic mass is 10.0. The quantitative estimate of drug-likeness (QED) is 0.818. The lowest BCUT2D eigenvalue weighted by Gasteiger charge is -2.27. The molecule has 0 aliphatic carbocycles. The molecule has 4 heterocycles. The highest BCUT2D eigenvalue weighted by Crippen LogP contribution is 2.29. The molecular weight excluding hydrogens is 362 g/mol. The minimum absolute atomic E-state index is 0.104. The summed E-state index contributed by atoms with van der Waals surface area (Å²) in [7, 11) is 0. The summed E-state index contributed by atoms with van der Waals surface area (Å²) in [4.78, 5) is 20.8. The molecule has 1 amide bonds. The van der Waals surface area contributed by atoms with Crippen LogP contribution >= 0.6 is 11.3 Å². The molecular formula is C20H25N3O3S. The van der Waals surface area contributed by atoms with Crippen molar-refractivity contribution in [3.8, 4) is 0 Å². The van der Waals surface area contributed by atoms with Gasteiger partial charge in [0, 0.05) is 36.1 Å². The number of fused-ring (bicyclic) bond motifs is 1. The summed E-state index contributed by atoms with van der Waals surface area (Å²) in [5, 5.41) is 14.7. The number of ether oxygens (including phenoxy) is 1. The van der Waals surface area contributed by atoms with Gasteiger partial charge in [-0.2, -0.15) is 0 Å². The molecule has 2 aliphatic heterocycles. The maximum absolute atomic E-state index is 12.6. The van der Waals surface area contributed by atoms with Crippen molar-refractivity contribution in [2.75, 3.05) is 19.8 Å². The van der Waals surface area contributed by atoms with Crippen molar-refractivity contribution >= 4 is 17.2 Å². The molecule has 0 spiro atoms. The van der Waals surface area contributed by atoms with E-state index < -0.39 is 6.10 Å². The molecule has 0 aromatic carbocycles. The first kappa shape index (κ1) is 18.6. The predicted octanol–water partition coefficient (Wildman–Crippen LogP) is 1.75. The molecule has 2 atom stereocenters. The van der Waals surface area contributed by atoms with E-state index in [1.54, 1.807) is 11.3 Å². The Morgan fingerprint density at radius 2 is 2.33 bits per heavy atom. The number of aliphatic hydroxyl groups excluding tert-OH is 1. The highest BCUT2D eigenvalue weighted by atomic mass is 32.1. The number of aliphatic hydroxyl groups is 1. The first-order valence-corrected chi connectivity index (χ1v) is 10.3. The van der Waals surface area contributed by atoms with Crippen molar-refractivity contribution in [3.63, 3.8) is 0 Å². The van der Waals surface area contributed by atoms with E-state index in [1.807, 2.05) is 11.6 Å². The van der Waals surface area contributed by atoms with Crippen molar-refractivity contribution in [1.29, 1.82) is 0 Å². The van der Waals surface area contributed by atoms with Gasteiger partial charge < -0.3 is 15.2 Å². The number of aromatic nitrogens is 1. The van der Waals surface area contributed by atoms with Gasteiger partial charge in [0.15, 0.2) is 0 Å². The Morgan fingerprint density at radius 1 is 1.44 bits per heavy atom. The third-order valence-electron chi connectivity index (χ3n) is 5.32. The fourth-order valence-corrected chi connectivity index (χ4v) is 4.74. The van der Waals surface area contributed by atoms with Crippen LogP contribution in [0.2, 0.25) is 0 Å². The lowest BCUT2D eigenvalue weighted by Crippen LogP contribution is -2.42. The molecule has 6 nitrogen and oxygen atoms in total. The summed E-state index contributed by atoms with van der Waals surface area (Å²) in [6.45, 7) is 5.38. The molecule has 2 aromatic rings. The number of carbonyl (C=O) groups excluding carboxylic acids is 1. The molecule has 144 valence electrons. The highest BCUT2D eigenvalue weighted by molar-refractivity contribution is 7.10. The number of nitrogens with zero attached hydrogens (tertiary/aromatic N) is 2. The van der Waals surface area contributed by atoms with Gasteiger partial charge in [-0.1, -0.05) is 13.0 Å². The van der Waals surface area contributed by atoms with Gasteiger partial charge in [0.05, 0.1) is 36.6 Å². The monoisotopic (exact) mass is 387 g/mol. The van der Waals surface area contributed by atoms with Crippen molar-refractivity contribution in [2.45, 2.75) is 45.0 Å². The van der Waals surface area contributed by atoms with Crippen LogP contribution in [0, 0.1) is 0 Å². The number of hydrogen-bond acceptors (Lipinski definition) is 6. The molecule has 2 aromatic heterocycles. The summed E-state index contributed by atoms with van der Waals surface area (Å²) < 4.78 is 5.21. The zero-order valence-electron chi connectivity index (χ0n) is 15.5. The molecule has 2 unspecified atom stereocenters. The maximum atomic E-state index is 12.6. The van der Waals surface area contributed by atoms with Gasteiger partial charge in [0.25, 0.3) is 5.91 Å². The average Bonchev–Trinajstić information content (AvgIpc) is 3.28. The number of hydrogen-bond donors (Lipinski definition) is 2. The smallest absolute Gasteiger partial charge is 0.252 e. The number of nitrogens with one attached hydrogen (secondary N) is 1. The van der Waals surface area contributed by atoms with Crippen LogP contribution in [-0.4, -0.2) is 52.8 Å². The second kappa shape index (κ2) is 8.06. The highest BCUT2D eigenvalue weighted by Gasteiger charge is 2.30. The normalized spacial score (nSPS) is 22.6. The maximum Gasteiger partial charge on any atom is 0.252 e. The molecule has 7 heteroatoms. The number of rotatable bonds is 5. The van der Waals surface area contributed by atoms with E-state index >= 15 is 0 Å². The second-order valence-corrected chi connectivity index (χ2v) is 8.17. The topological polar surface area (TPSA) is 74.7 Å². The zero-order valence-corrected chi connectivity index (χ0v) is 16.3. The van der Waals surface area contributed by atoms with Gasteiger partial charge >= 0.3 is 0 Å². The van der Waals surface area contributed by atoms with Gasteiger partial charge in [-0.3, -0.25) is 14.7 Å². The first-order chi connectivity index (χ1) is 13.1. The van der Waals surface area contributed by atoms with E-state index in [4.69, 9.17) is 4.74 Å². The Bertz CT molecular complexity index is 805. The van der Waals surface area contributed by atoms with E-state index in [-0.39, 0.29) is 18.6 Å². The third kappa shape index (κ3) is 4.06. The zero-order chi connectivity index (χ0) is 18.8. The van der Waals surface area contributed by atoms with Gasteiger partial charge in [0.1, 0.15) is 0 Å². The van der Waals surface area contributed by atoms with Crippen LogP contribution in [0.5, 0.6) is 0 Å². The van der Waals surface area contributed by atoms with E-state index in [1.165, 1.54) is 10.4 Å². The summed E-state index contributed by atoms with van der Waals surface area (Å²) >= 11 is 1.64. The summed E-state index contributed by atoms with van der Waals surface area (Å²) in [5.41, 5.74) is 4.24. The molecule has 0 saturated carbocycles. The molecule has 4 rings (SSSR count). The molecule has 2 aliphatic rings. The molecule has 2 N–H and O–H groups in total. The van der Waals surface area contributed by atoms with Crippen LogP contribution in [0.25, 0.3) is 0 Å². The Balaban J connectivity index is 1.40. The third-order valence-corrected chi connectivity index (χ3v) is 6.33. The van der Waals surface area contributed by atoms with Crippen LogP contribution in [0.15, 0.2) is 23.7 Å². The molecule has 1 saturated heterocycles. The second-order valence-electron chi connectivity index (χ2n) is 7.21. The molecule has 1 fully saturated rings. The van der Waals surface area contributed by atoms with Crippen LogP contribution in [0.3, 0.4) is 0 Å². The largest absolute Gasteiger partial charge is 0.388 e. The minimum atomic E-state index is -0.620. The van der Waals surface area contributed by atoms with Crippen LogP contribution in [-0.2, 0) is 30.7 Å². The van der Waals surface area contributed by atoms with Crippen molar-refractivity contribution in [3.05, 3.63) is 51.0 Å². The van der Waals surface area contributed by atoms with Crippen LogP contribution < -0.4 is 5.32 Å². The molecule has 27 heavy (non-hydrogen) atoms. The first-order valence-electron chi connectivity index (χ1n) is 9.46. The number of aryl methyl sites for hydroxylation is 1. The van der Waals surface area contributed by atoms with Crippen LogP contribution in [0.1, 0.15) is 39.0 Å². The summed E-state index contributed by atoms with van der Waals surface area (Å²) in [6.07, 6.45) is 3.20. The van der Waals surface area contributed by atoms with Gasteiger partial charge in [-0.25, -0.2) is 0 Å². The number of thiophene rings is 1. The Hall–Kier alpha value is -1.80. The van der Waals surface area contributed by atoms with Gasteiger partial charge in [0.2, 0.25) is 0 Å². The predicted molar refractivity (Wildman–Crippen MR) is 104 cm³/mol. The van der Waals surface area contributed by atoms with E-state index in [0.29, 0.717) is 6.61 Å². The fraction of sp³-hybridized carbons (Fsp3) is 0.500. The Morgan fingerprint density at radius 3 is 3.04 bits per heavy atom. The average molecular weight is 388 g/mol. The van der Waals surface area contributed by atoms with E-state index in [9.17, 15) is 9.90 Å². The van der Waals surface area contributed by atoms with Gasteiger partial charge in [-0.05, 0) is 30.0 Å². The molecule has 0 bridgehead atoms. The summed E-state index contributed by atoms with van der Waals surface area (Å²) in [6, 6.07) is 3.94. The van der Waals surface area contributed by atoms with Gasteiger partial charge in [-0.15, -0.1) is 11.3 Å². The van der Waals surface area contributed by atoms with Crippen molar-refractivity contribution < 1.29 is 14.6 Å². The Labute approximate surface area is 163 Å². The molecule has 0 radical (unpaired) electrons. The summed E-state index contributed by atoms with van der Waals surface area (Å²) in [5.74, 6) is -0.104. The number of amides is 1. The van der Waals surface area contributed by atoms with Crippen molar-refractivity contribution in [1.82, 2.24) is 15.2 Å². The fourth-order valence-electron chi connectivity index (χ4n) is 3.62. The standard InChI is InChI=1S/C20H25N3O3S/c1-2-13-3-4-14(21-7-13)8-23-6-5-15-16(12-27-19(15)9-23)20(25)22-17-10-26-11-18(17)24/h3-4,7,12,17-18,24H,2,5-6,8-11H2,1H3,(H,22,25). The Kier molecular flexibility index (Phi) is 5.54. The van der Waals surface area contributed by atoms with Crippen LogP contribution in [0.4, 0.5) is 0 Å². The van der Waals surface area contributed by atoms with Crippen molar-refractivity contribution in [2.24, 2.45) is 0 Å². The van der Waals surface area contributed by atoms with E-state index in [2.05, 4.69) is 34.3 Å². The number of carbonyl (C=O) groups is 1. The SMILES string of the molecule is CCc1ccc(CN2CCc3c(C(=O)NC4COCC4O)csc3C2)nc1. The number of pyridine rings is 1. The minimum Gasteiger partial charge on any atom is -0.388 e. The van der Waals surface area contributed by atoms with E-state index in [0.717, 1.165) is 49.3 Å². The lowest BCUT2D eigenvalue weighted by molar-refractivity contribution is 0.0885.